The number of hydrogen-bond acceptors (Lipinski definition) is 1. The molecule has 0 aliphatic rings. The van der Waals surface area contributed by atoms with E-state index in [-0.39, 0.29) is 0 Å². The average molecular weight is 211 g/mol. The Labute approximate surface area is 97.2 Å². The minimum Gasteiger partial charge on any atom is -0.261 e. The maximum absolute atomic E-state index is 4.44. The van der Waals surface area contributed by atoms with Gasteiger partial charge in [0.1, 0.15) is 0 Å². The average Bonchev–Trinajstić information content (AvgIpc) is 2.30. The van der Waals surface area contributed by atoms with Crippen LogP contribution in [0.2, 0.25) is 0 Å². The summed E-state index contributed by atoms with van der Waals surface area (Å²) in [6.07, 6.45) is 1.86. The van der Waals surface area contributed by atoms with Crippen LogP contribution in [0.4, 0.5) is 0 Å². The van der Waals surface area contributed by atoms with E-state index < -0.39 is 0 Å². The highest BCUT2D eigenvalue weighted by Gasteiger charge is 2.13. The summed E-state index contributed by atoms with van der Waals surface area (Å²) >= 11 is 0. The summed E-state index contributed by atoms with van der Waals surface area (Å²) in [7, 11) is 0. The zero-order valence-corrected chi connectivity index (χ0v) is 10.1. The van der Waals surface area contributed by atoms with Crippen molar-refractivity contribution in [3.05, 3.63) is 65.0 Å². The molecule has 1 aromatic carbocycles. The Morgan fingerprint density at radius 2 is 1.62 bits per heavy atom. The smallest absolute Gasteiger partial charge is 0.0475 e. The van der Waals surface area contributed by atoms with Gasteiger partial charge in [0.15, 0.2) is 0 Å². The second-order valence-corrected chi connectivity index (χ2v) is 4.28. The van der Waals surface area contributed by atoms with Crippen LogP contribution in [0.3, 0.4) is 0 Å². The highest BCUT2D eigenvalue weighted by Crippen LogP contribution is 2.27. The molecule has 1 nitrogen and oxygen atoms in total. The lowest BCUT2D eigenvalue weighted by atomic mass is 9.89. The second kappa shape index (κ2) is 4.48. The van der Waals surface area contributed by atoms with E-state index in [9.17, 15) is 0 Å². The van der Waals surface area contributed by atoms with Crippen LogP contribution >= 0.6 is 0 Å². The maximum atomic E-state index is 4.44. The van der Waals surface area contributed by atoms with Crippen molar-refractivity contribution in [2.75, 3.05) is 0 Å². The molecule has 0 aliphatic carbocycles. The topological polar surface area (TPSA) is 12.9 Å². The van der Waals surface area contributed by atoms with Gasteiger partial charge in [-0.05, 0) is 42.7 Å². The first kappa shape index (κ1) is 10.9. The van der Waals surface area contributed by atoms with E-state index in [1.54, 1.807) is 0 Å². The molecule has 0 saturated carbocycles. The van der Waals surface area contributed by atoms with E-state index in [4.69, 9.17) is 0 Å². The fourth-order valence-electron chi connectivity index (χ4n) is 2.29. The van der Waals surface area contributed by atoms with Crippen molar-refractivity contribution in [2.45, 2.75) is 26.7 Å². The summed E-state index contributed by atoms with van der Waals surface area (Å²) in [4.78, 5) is 4.44. The van der Waals surface area contributed by atoms with E-state index in [1.807, 2.05) is 18.3 Å². The Bertz CT molecular complexity index is 454. The fraction of sp³-hybridized carbons (Fsp3) is 0.267. The molecule has 2 rings (SSSR count). The Balaban J connectivity index is 2.46. The Hall–Kier alpha value is -1.63. The van der Waals surface area contributed by atoms with Crippen LogP contribution in [0.1, 0.15) is 35.2 Å². The standard InChI is InChI=1S/C15H17N/c1-11-7-6-8-12(2)15(11)13(3)14-9-4-5-10-16-14/h4-10,13H,1-3H3. The molecule has 16 heavy (non-hydrogen) atoms. The van der Waals surface area contributed by atoms with Gasteiger partial charge in [0.05, 0.1) is 0 Å². The van der Waals surface area contributed by atoms with Crippen molar-refractivity contribution in [1.82, 2.24) is 4.98 Å². The number of aromatic nitrogens is 1. The van der Waals surface area contributed by atoms with Gasteiger partial charge in [-0.2, -0.15) is 0 Å². The van der Waals surface area contributed by atoms with Crippen molar-refractivity contribution in [3.63, 3.8) is 0 Å². The molecule has 0 spiro atoms. The van der Waals surface area contributed by atoms with Crippen LogP contribution < -0.4 is 0 Å². The van der Waals surface area contributed by atoms with Crippen LogP contribution in [0, 0.1) is 13.8 Å². The first-order valence-corrected chi connectivity index (χ1v) is 5.67. The predicted molar refractivity (Wildman–Crippen MR) is 67.7 cm³/mol. The van der Waals surface area contributed by atoms with Gasteiger partial charge in [0.25, 0.3) is 0 Å². The van der Waals surface area contributed by atoms with Gasteiger partial charge in [-0.3, -0.25) is 4.98 Å². The van der Waals surface area contributed by atoms with Crippen molar-refractivity contribution < 1.29 is 0 Å². The van der Waals surface area contributed by atoms with Gasteiger partial charge in [0.2, 0.25) is 0 Å². The van der Waals surface area contributed by atoms with Crippen molar-refractivity contribution >= 4 is 0 Å². The fourth-order valence-corrected chi connectivity index (χ4v) is 2.29. The van der Waals surface area contributed by atoms with Crippen molar-refractivity contribution in [1.29, 1.82) is 0 Å². The molecule has 1 unspecified atom stereocenters. The molecule has 0 amide bonds. The minimum absolute atomic E-state index is 0.363. The first-order valence-electron chi connectivity index (χ1n) is 5.67. The van der Waals surface area contributed by atoms with E-state index >= 15 is 0 Å². The summed E-state index contributed by atoms with van der Waals surface area (Å²) in [5.41, 5.74) is 5.23. The number of rotatable bonds is 2. The highest BCUT2D eigenvalue weighted by atomic mass is 14.7. The van der Waals surface area contributed by atoms with Crippen LogP contribution in [0.15, 0.2) is 42.6 Å². The van der Waals surface area contributed by atoms with Crippen LogP contribution in [0.5, 0.6) is 0 Å². The normalized spacial score (nSPS) is 12.4. The van der Waals surface area contributed by atoms with E-state index in [1.165, 1.54) is 16.7 Å². The quantitative estimate of drug-likeness (QED) is 0.735. The second-order valence-electron chi connectivity index (χ2n) is 4.28. The number of nitrogens with zero attached hydrogens (tertiary/aromatic N) is 1. The number of benzene rings is 1. The monoisotopic (exact) mass is 211 g/mol. The van der Waals surface area contributed by atoms with E-state index in [2.05, 4.69) is 50.0 Å². The zero-order valence-electron chi connectivity index (χ0n) is 10.1. The van der Waals surface area contributed by atoms with Gasteiger partial charge in [-0.15, -0.1) is 0 Å². The molecular formula is C15H17N. The van der Waals surface area contributed by atoms with Gasteiger partial charge in [-0.1, -0.05) is 31.2 Å². The third kappa shape index (κ3) is 1.99. The summed E-state index contributed by atoms with van der Waals surface area (Å²) in [5.74, 6) is 0.363. The van der Waals surface area contributed by atoms with Crippen LogP contribution in [-0.4, -0.2) is 4.98 Å². The molecule has 1 heteroatoms. The van der Waals surface area contributed by atoms with Gasteiger partial charge in [-0.25, -0.2) is 0 Å². The van der Waals surface area contributed by atoms with Gasteiger partial charge >= 0.3 is 0 Å². The van der Waals surface area contributed by atoms with Crippen LogP contribution in [-0.2, 0) is 0 Å². The maximum Gasteiger partial charge on any atom is 0.0475 e. The molecule has 0 aliphatic heterocycles. The lowest BCUT2D eigenvalue weighted by Crippen LogP contribution is -2.03. The lowest BCUT2D eigenvalue weighted by Gasteiger charge is -2.16. The molecule has 82 valence electrons. The molecule has 0 fully saturated rings. The van der Waals surface area contributed by atoms with E-state index in [0.717, 1.165) is 5.69 Å². The SMILES string of the molecule is Cc1cccc(C)c1C(C)c1ccccn1. The largest absolute Gasteiger partial charge is 0.261 e. The highest BCUT2D eigenvalue weighted by molar-refractivity contribution is 5.40. The van der Waals surface area contributed by atoms with Gasteiger partial charge in [0, 0.05) is 17.8 Å². The zero-order chi connectivity index (χ0) is 11.5. The van der Waals surface area contributed by atoms with Gasteiger partial charge < -0.3 is 0 Å². The Kier molecular flexibility index (Phi) is 3.04. The predicted octanol–water partition coefficient (Wildman–Crippen LogP) is 3.85. The minimum atomic E-state index is 0.363. The van der Waals surface area contributed by atoms with E-state index in [0.29, 0.717) is 5.92 Å². The molecule has 1 atom stereocenters. The molecule has 1 aromatic heterocycles. The number of hydrogen-bond donors (Lipinski definition) is 0. The molecular weight excluding hydrogens is 194 g/mol. The third-order valence-corrected chi connectivity index (χ3v) is 3.11. The molecule has 0 saturated heterocycles. The Morgan fingerprint density at radius 3 is 2.19 bits per heavy atom. The summed E-state index contributed by atoms with van der Waals surface area (Å²) < 4.78 is 0. The molecule has 0 N–H and O–H groups in total. The Morgan fingerprint density at radius 1 is 0.938 bits per heavy atom. The molecule has 0 bridgehead atoms. The number of aryl methyl sites for hydroxylation is 2. The summed E-state index contributed by atoms with van der Waals surface area (Å²) in [5, 5.41) is 0. The van der Waals surface area contributed by atoms with Crippen LogP contribution in [0.25, 0.3) is 0 Å². The lowest BCUT2D eigenvalue weighted by molar-refractivity contribution is 0.853. The molecule has 2 aromatic rings. The third-order valence-electron chi connectivity index (χ3n) is 3.11. The summed E-state index contributed by atoms with van der Waals surface area (Å²) in [6, 6.07) is 12.5. The van der Waals surface area contributed by atoms with Crippen molar-refractivity contribution in [2.24, 2.45) is 0 Å². The molecule has 1 heterocycles. The van der Waals surface area contributed by atoms with Crippen molar-refractivity contribution in [3.8, 4) is 0 Å². The summed E-state index contributed by atoms with van der Waals surface area (Å²) in [6.45, 7) is 6.56. The number of pyridine rings is 1. The first-order chi connectivity index (χ1) is 7.70. The molecule has 0 radical (unpaired) electrons.